The summed E-state index contributed by atoms with van der Waals surface area (Å²) in [5.41, 5.74) is 0.985. The molecule has 5 nitrogen and oxygen atoms in total. The van der Waals surface area contributed by atoms with Crippen molar-refractivity contribution in [1.82, 2.24) is 4.31 Å². The Morgan fingerprint density at radius 3 is 2.32 bits per heavy atom. The van der Waals surface area contributed by atoms with E-state index in [0.717, 1.165) is 5.69 Å². The lowest BCUT2D eigenvalue weighted by molar-refractivity contribution is 0.388. The molecule has 2 rings (SSSR count). The molecular weight excluding hydrogens is 288 g/mol. The number of benzene rings is 1. The molecule has 0 saturated carbocycles. The zero-order valence-electron chi connectivity index (χ0n) is 11.0. The van der Waals surface area contributed by atoms with Gasteiger partial charge in [-0.1, -0.05) is 11.6 Å². The average molecular weight is 305 g/mol. The molecule has 7 heteroatoms. The van der Waals surface area contributed by atoms with E-state index in [0.29, 0.717) is 37.0 Å². The summed E-state index contributed by atoms with van der Waals surface area (Å²) in [5, 5.41) is 0.561. The first-order valence-corrected chi connectivity index (χ1v) is 8.18. The molecule has 0 amide bonds. The van der Waals surface area contributed by atoms with Crippen LogP contribution in [0.15, 0.2) is 18.2 Å². The lowest BCUT2D eigenvalue weighted by Gasteiger charge is -2.34. The number of rotatable bonds is 3. The molecule has 0 atom stereocenters. The molecule has 0 aliphatic carbocycles. The van der Waals surface area contributed by atoms with Crippen molar-refractivity contribution < 1.29 is 13.2 Å². The SMILES string of the molecule is COc1ccc(N2CCN(S(C)(=O)=O)CC2)cc1Cl. The molecule has 0 N–H and O–H groups in total. The topological polar surface area (TPSA) is 49.9 Å². The third-order valence-corrected chi connectivity index (χ3v) is 4.81. The van der Waals surface area contributed by atoms with Crippen LogP contribution in [0, 0.1) is 0 Å². The van der Waals surface area contributed by atoms with E-state index in [1.54, 1.807) is 7.11 Å². The summed E-state index contributed by atoms with van der Waals surface area (Å²) in [7, 11) is -1.51. The third-order valence-electron chi connectivity index (χ3n) is 3.21. The summed E-state index contributed by atoms with van der Waals surface area (Å²) in [5.74, 6) is 0.639. The lowest BCUT2D eigenvalue weighted by Crippen LogP contribution is -2.48. The minimum Gasteiger partial charge on any atom is -0.495 e. The van der Waals surface area contributed by atoms with E-state index in [2.05, 4.69) is 4.90 Å². The second kappa shape index (κ2) is 5.56. The van der Waals surface area contributed by atoms with E-state index in [1.165, 1.54) is 10.6 Å². The van der Waals surface area contributed by atoms with Crippen LogP contribution in [0.2, 0.25) is 5.02 Å². The number of halogens is 1. The van der Waals surface area contributed by atoms with Crippen LogP contribution in [-0.2, 0) is 10.0 Å². The van der Waals surface area contributed by atoms with E-state index in [4.69, 9.17) is 16.3 Å². The second-order valence-electron chi connectivity index (χ2n) is 4.47. The molecular formula is C12H17ClN2O3S. The standard InChI is InChI=1S/C12H17ClN2O3S/c1-18-12-4-3-10(9-11(12)13)14-5-7-15(8-6-14)19(2,16)17/h3-4,9H,5-8H2,1-2H3. The molecule has 0 bridgehead atoms. The van der Waals surface area contributed by atoms with Crippen LogP contribution in [0.1, 0.15) is 0 Å². The van der Waals surface area contributed by atoms with Gasteiger partial charge in [0, 0.05) is 31.9 Å². The fourth-order valence-corrected chi connectivity index (χ4v) is 3.21. The molecule has 1 aliphatic heterocycles. The first-order chi connectivity index (χ1) is 8.91. The highest BCUT2D eigenvalue weighted by atomic mass is 35.5. The smallest absolute Gasteiger partial charge is 0.211 e. The van der Waals surface area contributed by atoms with Crippen molar-refractivity contribution in [3.05, 3.63) is 23.2 Å². The van der Waals surface area contributed by atoms with E-state index in [-0.39, 0.29) is 0 Å². The van der Waals surface area contributed by atoms with E-state index >= 15 is 0 Å². The molecule has 0 unspecified atom stereocenters. The van der Waals surface area contributed by atoms with Crippen LogP contribution < -0.4 is 9.64 Å². The number of ether oxygens (including phenoxy) is 1. The van der Waals surface area contributed by atoms with Crippen molar-refractivity contribution in [2.75, 3.05) is 44.4 Å². The van der Waals surface area contributed by atoms with Crippen molar-refractivity contribution in [3.8, 4) is 5.75 Å². The minimum absolute atomic E-state index is 0.502. The number of methoxy groups -OCH3 is 1. The minimum atomic E-state index is -3.09. The molecule has 19 heavy (non-hydrogen) atoms. The van der Waals surface area contributed by atoms with E-state index < -0.39 is 10.0 Å². The molecule has 106 valence electrons. The molecule has 1 fully saturated rings. The molecule has 0 spiro atoms. The maximum absolute atomic E-state index is 11.4. The quantitative estimate of drug-likeness (QED) is 0.848. The van der Waals surface area contributed by atoms with Gasteiger partial charge in [-0.15, -0.1) is 0 Å². The Labute approximate surface area is 118 Å². The van der Waals surface area contributed by atoms with Gasteiger partial charge in [0.1, 0.15) is 5.75 Å². The maximum Gasteiger partial charge on any atom is 0.211 e. The van der Waals surface area contributed by atoms with Crippen molar-refractivity contribution in [2.24, 2.45) is 0 Å². The van der Waals surface area contributed by atoms with Crippen LogP contribution in [0.25, 0.3) is 0 Å². The van der Waals surface area contributed by atoms with Crippen LogP contribution in [-0.4, -0.2) is 52.3 Å². The van der Waals surface area contributed by atoms with Gasteiger partial charge in [-0.3, -0.25) is 0 Å². The first-order valence-electron chi connectivity index (χ1n) is 5.95. The number of hydrogen-bond donors (Lipinski definition) is 0. The summed E-state index contributed by atoms with van der Waals surface area (Å²) >= 11 is 6.09. The molecule has 0 radical (unpaired) electrons. The predicted molar refractivity (Wildman–Crippen MR) is 76.6 cm³/mol. The predicted octanol–water partition coefficient (Wildman–Crippen LogP) is 1.43. The van der Waals surface area contributed by atoms with E-state index in [1.807, 2.05) is 18.2 Å². The number of anilines is 1. The van der Waals surface area contributed by atoms with Crippen molar-refractivity contribution in [3.63, 3.8) is 0 Å². The number of piperazine rings is 1. The van der Waals surface area contributed by atoms with Gasteiger partial charge >= 0.3 is 0 Å². The van der Waals surface area contributed by atoms with Gasteiger partial charge in [0.2, 0.25) is 10.0 Å². The highest BCUT2D eigenvalue weighted by molar-refractivity contribution is 7.88. The largest absolute Gasteiger partial charge is 0.495 e. The summed E-state index contributed by atoms with van der Waals surface area (Å²) in [6.07, 6.45) is 1.24. The van der Waals surface area contributed by atoms with Crippen molar-refractivity contribution >= 4 is 27.3 Å². The van der Waals surface area contributed by atoms with E-state index in [9.17, 15) is 8.42 Å². The fraction of sp³-hybridized carbons (Fsp3) is 0.500. The highest BCUT2D eigenvalue weighted by Crippen LogP contribution is 2.29. The van der Waals surface area contributed by atoms with Crippen LogP contribution in [0.4, 0.5) is 5.69 Å². The van der Waals surface area contributed by atoms with Gasteiger partial charge in [0.05, 0.1) is 18.4 Å². The van der Waals surface area contributed by atoms with Gasteiger partial charge < -0.3 is 9.64 Å². The van der Waals surface area contributed by atoms with Crippen molar-refractivity contribution in [2.45, 2.75) is 0 Å². The van der Waals surface area contributed by atoms with Gasteiger partial charge in [0.25, 0.3) is 0 Å². The van der Waals surface area contributed by atoms with Crippen LogP contribution in [0.5, 0.6) is 5.75 Å². The zero-order chi connectivity index (χ0) is 14.0. The number of hydrogen-bond acceptors (Lipinski definition) is 4. The molecule has 1 saturated heterocycles. The van der Waals surface area contributed by atoms with Crippen LogP contribution in [0.3, 0.4) is 0 Å². The van der Waals surface area contributed by atoms with Gasteiger partial charge in [-0.05, 0) is 18.2 Å². The Kier molecular flexibility index (Phi) is 4.23. The molecule has 1 aromatic rings. The van der Waals surface area contributed by atoms with Crippen LogP contribution >= 0.6 is 11.6 Å². The molecule has 0 aromatic heterocycles. The summed E-state index contributed by atoms with van der Waals surface area (Å²) in [6.45, 7) is 2.33. The normalized spacial score (nSPS) is 17.5. The number of sulfonamides is 1. The summed E-state index contributed by atoms with van der Waals surface area (Å²) < 4.78 is 29.5. The Bertz CT molecular complexity index is 554. The molecule has 1 aliphatic rings. The van der Waals surface area contributed by atoms with Gasteiger partial charge in [-0.25, -0.2) is 8.42 Å². The molecule has 1 heterocycles. The Balaban J connectivity index is 2.08. The fourth-order valence-electron chi connectivity index (χ4n) is 2.13. The van der Waals surface area contributed by atoms with Gasteiger partial charge in [0.15, 0.2) is 0 Å². The Morgan fingerprint density at radius 2 is 1.84 bits per heavy atom. The van der Waals surface area contributed by atoms with Gasteiger partial charge in [-0.2, -0.15) is 4.31 Å². The first kappa shape index (κ1) is 14.4. The monoisotopic (exact) mass is 304 g/mol. The number of nitrogens with zero attached hydrogens (tertiary/aromatic N) is 2. The summed E-state index contributed by atoms with van der Waals surface area (Å²) in [4.78, 5) is 2.12. The van der Waals surface area contributed by atoms with Crippen molar-refractivity contribution in [1.29, 1.82) is 0 Å². The lowest BCUT2D eigenvalue weighted by atomic mass is 10.2. The highest BCUT2D eigenvalue weighted by Gasteiger charge is 2.23. The maximum atomic E-state index is 11.4. The third kappa shape index (κ3) is 3.32. The average Bonchev–Trinajstić information content (AvgIpc) is 2.38. The Morgan fingerprint density at radius 1 is 1.21 bits per heavy atom. The Hall–Kier alpha value is -0.980. The second-order valence-corrected chi connectivity index (χ2v) is 6.86. The molecule has 1 aromatic carbocycles. The summed E-state index contributed by atoms with van der Waals surface area (Å²) in [6, 6.07) is 5.60. The zero-order valence-corrected chi connectivity index (χ0v) is 12.5.